The SMILES string of the molecule is C=C[C@](C)(CCC=C(C)C)[C@@H](O)c1ccccc1. The van der Waals surface area contributed by atoms with Gasteiger partial charge in [-0.3, -0.25) is 0 Å². The lowest BCUT2D eigenvalue weighted by Gasteiger charge is -2.31. The van der Waals surface area contributed by atoms with Gasteiger partial charge in [-0.2, -0.15) is 0 Å². The molecule has 1 rings (SSSR count). The van der Waals surface area contributed by atoms with E-state index in [1.54, 1.807) is 0 Å². The quantitative estimate of drug-likeness (QED) is 0.722. The van der Waals surface area contributed by atoms with Crippen LogP contribution in [0.25, 0.3) is 0 Å². The molecule has 1 heteroatoms. The molecule has 0 saturated heterocycles. The van der Waals surface area contributed by atoms with Crippen molar-refractivity contribution in [1.29, 1.82) is 0 Å². The molecule has 1 N–H and O–H groups in total. The number of aliphatic hydroxyl groups excluding tert-OH is 1. The normalized spacial score (nSPS) is 15.6. The lowest BCUT2D eigenvalue weighted by atomic mass is 9.77. The number of rotatable bonds is 6. The Morgan fingerprint density at radius 2 is 1.94 bits per heavy atom. The van der Waals surface area contributed by atoms with Gasteiger partial charge in [0.05, 0.1) is 6.10 Å². The number of hydrogen-bond donors (Lipinski definition) is 1. The van der Waals surface area contributed by atoms with E-state index >= 15 is 0 Å². The molecule has 0 unspecified atom stereocenters. The largest absolute Gasteiger partial charge is 0.388 e. The van der Waals surface area contributed by atoms with Crippen LogP contribution in [-0.2, 0) is 0 Å². The fraction of sp³-hybridized carbons (Fsp3) is 0.412. The zero-order valence-corrected chi connectivity index (χ0v) is 11.7. The molecule has 1 nitrogen and oxygen atoms in total. The summed E-state index contributed by atoms with van der Waals surface area (Å²) in [6.07, 6.45) is 5.46. The highest BCUT2D eigenvalue weighted by molar-refractivity contribution is 5.21. The molecule has 2 atom stereocenters. The first kappa shape index (κ1) is 14.7. The monoisotopic (exact) mass is 244 g/mol. The summed E-state index contributed by atoms with van der Waals surface area (Å²) < 4.78 is 0. The van der Waals surface area contributed by atoms with Crippen molar-refractivity contribution in [3.05, 3.63) is 60.2 Å². The van der Waals surface area contributed by atoms with E-state index in [0.717, 1.165) is 18.4 Å². The highest BCUT2D eigenvalue weighted by atomic mass is 16.3. The predicted octanol–water partition coefficient (Wildman–Crippen LogP) is 4.66. The Balaban J connectivity index is 2.80. The molecule has 1 aromatic carbocycles. The van der Waals surface area contributed by atoms with E-state index in [4.69, 9.17) is 0 Å². The summed E-state index contributed by atoms with van der Waals surface area (Å²) in [5, 5.41) is 10.5. The predicted molar refractivity (Wildman–Crippen MR) is 78.4 cm³/mol. The first-order valence-electron chi connectivity index (χ1n) is 6.49. The molecule has 0 fully saturated rings. The summed E-state index contributed by atoms with van der Waals surface area (Å²) in [4.78, 5) is 0. The Bertz CT molecular complexity index is 401. The van der Waals surface area contributed by atoms with Crippen LogP contribution < -0.4 is 0 Å². The minimum absolute atomic E-state index is 0.284. The van der Waals surface area contributed by atoms with Crippen LogP contribution in [0.3, 0.4) is 0 Å². The van der Waals surface area contributed by atoms with E-state index in [0.29, 0.717) is 0 Å². The summed E-state index contributed by atoms with van der Waals surface area (Å²) in [5.74, 6) is 0. The summed E-state index contributed by atoms with van der Waals surface area (Å²) in [6, 6.07) is 9.81. The van der Waals surface area contributed by atoms with Crippen LogP contribution in [0, 0.1) is 5.41 Å². The minimum Gasteiger partial charge on any atom is -0.388 e. The van der Waals surface area contributed by atoms with Gasteiger partial charge < -0.3 is 5.11 Å². The van der Waals surface area contributed by atoms with Gasteiger partial charge in [0, 0.05) is 5.41 Å². The van der Waals surface area contributed by atoms with Crippen LogP contribution in [0.5, 0.6) is 0 Å². The molecule has 0 aromatic heterocycles. The maximum Gasteiger partial charge on any atom is 0.0877 e. The Hall–Kier alpha value is -1.34. The maximum absolute atomic E-state index is 10.5. The van der Waals surface area contributed by atoms with Gasteiger partial charge in [-0.25, -0.2) is 0 Å². The highest BCUT2D eigenvalue weighted by Crippen LogP contribution is 2.39. The zero-order chi connectivity index (χ0) is 13.6. The van der Waals surface area contributed by atoms with Crippen LogP contribution in [0.4, 0.5) is 0 Å². The van der Waals surface area contributed by atoms with Crippen molar-refractivity contribution in [3.8, 4) is 0 Å². The van der Waals surface area contributed by atoms with Crippen molar-refractivity contribution in [2.24, 2.45) is 5.41 Å². The molecular formula is C17H24O. The molecular weight excluding hydrogens is 220 g/mol. The lowest BCUT2D eigenvalue weighted by molar-refractivity contribution is 0.0646. The van der Waals surface area contributed by atoms with Crippen LogP contribution in [-0.4, -0.2) is 5.11 Å². The molecule has 0 radical (unpaired) electrons. The Morgan fingerprint density at radius 3 is 2.44 bits per heavy atom. The van der Waals surface area contributed by atoms with E-state index in [2.05, 4.69) is 33.4 Å². The van der Waals surface area contributed by atoms with Crippen molar-refractivity contribution in [3.63, 3.8) is 0 Å². The van der Waals surface area contributed by atoms with Gasteiger partial charge in [-0.15, -0.1) is 6.58 Å². The average Bonchev–Trinajstić information content (AvgIpc) is 2.38. The molecule has 98 valence electrons. The molecule has 0 aliphatic heterocycles. The molecule has 0 saturated carbocycles. The Morgan fingerprint density at radius 1 is 1.33 bits per heavy atom. The van der Waals surface area contributed by atoms with Gasteiger partial charge in [0.2, 0.25) is 0 Å². The first-order valence-corrected chi connectivity index (χ1v) is 6.49. The van der Waals surface area contributed by atoms with Crippen molar-refractivity contribution < 1.29 is 5.11 Å². The summed E-state index contributed by atoms with van der Waals surface area (Å²) >= 11 is 0. The van der Waals surface area contributed by atoms with Gasteiger partial charge in [0.15, 0.2) is 0 Å². The van der Waals surface area contributed by atoms with Crippen molar-refractivity contribution >= 4 is 0 Å². The van der Waals surface area contributed by atoms with E-state index in [1.165, 1.54) is 5.57 Å². The molecule has 0 aliphatic rings. The van der Waals surface area contributed by atoms with Gasteiger partial charge in [-0.1, -0.05) is 55.0 Å². The Labute approximate surface area is 111 Å². The molecule has 0 aliphatic carbocycles. The third-order valence-electron chi connectivity index (χ3n) is 3.44. The second-order valence-corrected chi connectivity index (χ2v) is 5.34. The highest BCUT2D eigenvalue weighted by Gasteiger charge is 2.30. The number of aliphatic hydroxyl groups is 1. The van der Waals surface area contributed by atoms with Crippen LogP contribution in [0.15, 0.2) is 54.6 Å². The first-order chi connectivity index (χ1) is 8.49. The number of benzene rings is 1. The topological polar surface area (TPSA) is 20.2 Å². The standard InChI is InChI=1S/C17H24O/c1-5-17(4,13-9-10-14(2)3)16(18)15-11-7-6-8-12-15/h5-8,10-12,16,18H,1,9,13H2,2-4H3/t16-,17+/m0/s1. The van der Waals surface area contributed by atoms with Gasteiger partial charge in [0.25, 0.3) is 0 Å². The van der Waals surface area contributed by atoms with Gasteiger partial charge in [-0.05, 0) is 32.3 Å². The fourth-order valence-corrected chi connectivity index (χ4v) is 2.04. The van der Waals surface area contributed by atoms with Gasteiger partial charge in [0.1, 0.15) is 0 Å². The molecule has 1 aromatic rings. The number of allylic oxidation sites excluding steroid dienone is 2. The van der Waals surface area contributed by atoms with E-state index < -0.39 is 6.10 Å². The summed E-state index contributed by atoms with van der Waals surface area (Å²) in [6.45, 7) is 10.2. The van der Waals surface area contributed by atoms with E-state index in [9.17, 15) is 5.11 Å². The maximum atomic E-state index is 10.5. The van der Waals surface area contributed by atoms with Crippen molar-refractivity contribution in [1.82, 2.24) is 0 Å². The van der Waals surface area contributed by atoms with Crippen LogP contribution in [0.2, 0.25) is 0 Å². The number of hydrogen-bond acceptors (Lipinski definition) is 1. The van der Waals surface area contributed by atoms with Crippen LogP contribution in [0.1, 0.15) is 45.3 Å². The second-order valence-electron chi connectivity index (χ2n) is 5.34. The third kappa shape index (κ3) is 3.85. The Kier molecular flexibility index (Phi) is 5.36. The summed E-state index contributed by atoms with van der Waals surface area (Å²) in [5.41, 5.74) is 1.99. The summed E-state index contributed by atoms with van der Waals surface area (Å²) in [7, 11) is 0. The zero-order valence-electron chi connectivity index (χ0n) is 11.7. The third-order valence-corrected chi connectivity index (χ3v) is 3.44. The molecule has 0 bridgehead atoms. The van der Waals surface area contributed by atoms with E-state index in [-0.39, 0.29) is 5.41 Å². The van der Waals surface area contributed by atoms with Crippen molar-refractivity contribution in [2.75, 3.05) is 0 Å². The van der Waals surface area contributed by atoms with Gasteiger partial charge >= 0.3 is 0 Å². The molecule has 0 spiro atoms. The lowest BCUT2D eigenvalue weighted by Crippen LogP contribution is -2.23. The fourth-order valence-electron chi connectivity index (χ4n) is 2.04. The molecule has 18 heavy (non-hydrogen) atoms. The minimum atomic E-state index is -0.498. The smallest absolute Gasteiger partial charge is 0.0877 e. The average molecular weight is 244 g/mol. The molecule has 0 heterocycles. The van der Waals surface area contributed by atoms with Crippen molar-refractivity contribution in [2.45, 2.75) is 39.7 Å². The van der Waals surface area contributed by atoms with E-state index in [1.807, 2.05) is 36.4 Å². The van der Waals surface area contributed by atoms with Crippen LogP contribution >= 0.6 is 0 Å². The molecule has 0 amide bonds. The second kappa shape index (κ2) is 6.55.